The Morgan fingerprint density at radius 3 is 2.70 bits per heavy atom. The fraction of sp³-hybridized carbons (Fsp3) is 0.286. The Bertz CT molecular complexity index is 739. The van der Waals surface area contributed by atoms with Gasteiger partial charge in [-0.1, -0.05) is 24.3 Å². The van der Waals surface area contributed by atoms with Gasteiger partial charge in [-0.25, -0.2) is 8.42 Å². The molecule has 1 aromatic carbocycles. The quantitative estimate of drug-likeness (QED) is 0.822. The summed E-state index contributed by atoms with van der Waals surface area (Å²) in [7, 11) is -1.75. The van der Waals surface area contributed by atoms with Crippen LogP contribution in [0.15, 0.2) is 44.4 Å². The predicted octanol–water partition coefficient (Wildman–Crippen LogP) is 3.82. The fourth-order valence-corrected chi connectivity index (χ4v) is 6.22. The van der Waals surface area contributed by atoms with Gasteiger partial charge >= 0.3 is 0 Å². The molecule has 0 aliphatic heterocycles. The maximum Gasteiger partial charge on any atom is 0.252 e. The molecule has 1 heterocycles. The van der Waals surface area contributed by atoms with Crippen LogP contribution in [0.4, 0.5) is 0 Å². The van der Waals surface area contributed by atoms with Crippen molar-refractivity contribution in [3.8, 4) is 0 Å². The molecule has 0 bridgehead atoms. The van der Waals surface area contributed by atoms with Crippen LogP contribution in [0, 0.1) is 0 Å². The first kappa shape index (κ1) is 14.3. The largest absolute Gasteiger partial charge is 0.252 e. The van der Waals surface area contributed by atoms with Crippen molar-refractivity contribution in [3.05, 3.63) is 51.3 Å². The van der Waals surface area contributed by atoms with Crippen LogP contribution in [0.25, 0.3) is 0 Å². The molecule has 0 radical (unpaired) electrons. The summed E-state index contributed by atoms with van der Waals surface area (Å²) in [5.41, 5.74) is 2.39. The van der Waals surface area contributed by atoms with Crippen molar-refractivity contribution in [2.75, 3.05) is 7.05 Å². The monoisotopic (exact) mass is 371 g/mol. The molecule has 106 valence electrons. The first-order valence-corrected chi connectivity index (χ1v) is 9.36. The van der Waals surface area contributed by atoms with Crippen molar-refractivity contribution in [3.63, 3.8) is 0 Å². The van der Waals surface area contributed by atoms with Crippen molar-refractivity contribution in [1.82, 2.24) is 4.31 Å². The molecule has 0 fully saturated rings. The molecular formula is C14H14BrNO2S2. The average molecular weight is 372 g/mol. The maximum absolute atomic E-state index is 12.7. The second-order valence-corrected chi connectivity index (χ2v) is 9.52. The van der Waals surface area contributed by atoms with Crippen molar-refractivity contribution in [2.24, 2.45) is 0 Å². The van der Waals surface area contributed by atoms with Gasteiger partial charge in [-0.3, -0.25) is 0 Å². The molecule has 0 saturated heterocycles. The zero-order valence-electron chi connectivity index (χ0n) is 10.9. The minimum atomic E-state index is -3.42. The average Bonchev–Trinajstić information content (AvgIpc) is 3.04. The smallest absolute Gasteiger partial charge is 0.206 e. The van der Waals surface area contributed by atoms with Gasteiger partial charge in [0.05, 0.1) is 9.83 Å². The molecule has 1 aromatic heterocycles. The topological polar surface area (TPSA) is 37.4 Å². The van der Waals surface area contributed by atoms with Crippen LogP contribution < -0.4 is 0 Å². The van der Waals surface area contributed by atoms with Gasteiger partial charge in [-0.15, -0.1) is 11.3 Å². The number of thiophene rings is 1. The zero-order valence-corrected chi connectivity index (χ0v) is 14.1. The number of fused-ring (bicyclic) bond motifs is 1. The molecule has 6 heteroatoms. The summed E-state index contributed by atoms with van der Waals surface area (Å²) < 4.78 is 28.0. The van der Waals surface area contributed by atoms with E-state index in [2.05, 4.69) is 22.0 Å². The van der Waals surface area contributed by atoms with Crippen molar-refractivity contribution in [2.45, 2.75) is 23.1 Å². The molecule has 1 atom stereocenters. The highest BCUT2D eigenvalue weighted by molar-refractivity contribution is 9.11. The van der Waals surface area contributed by atoms with Gasteiger partial charge in [0, 0.05) is 7.05 Å². The van der Waals surface area contributed by atoms with Crippen molar-refractivity contribution >= 4 is 37.3 Å². The van der Waals surface area contributed by atoms with Gasteiger partial charge in [0.25, 0.3) is 10.0 Å². The lowest BCUT2D eigenvalue weighted by Crippen LogP contribution is -2.29. The Hall–Kier alpha value is -0.690. The summed E-state index contributed by atoms with van der Waals surface area (Å²) in [4.78, 5) is 0. The maximum atomic E-state index is 12.7. The van der Waals surface area contributed by atoms with Gasteiger partial charge in [0.2, 0.25) is 0 Å². The lowest BCUT2D eigenvalue weighted by atomic mass is 10.1. The second-order valence-electron chi connectivity index (χ2n) is 4.83. The number of hydrogen-bond donors (Lipinski definition) is 0. The molecule has 1 aliphatic carbocycles. The van der Waals surface area contributed by atoms with Crippen LogP contribution in [0.3, 0.4) is 0 Å². The Morgan fingerprint density at radius 2 is 2.00 bits per heavy atom. The summed E-state index contributed by atoms with van der Waals surface area (Å²) in [5.74, 6) is 0. The summed E-state index contributed by atoms with van der Waals surface area (Å²) in [6.07, 6.45) is 1.79. The number of aryl methyl sites for hydroxylation is 1. The lowest BCUT2D eigenvalue weighted by molar-refractivity contribution is 0.375. The number of hydrogen-bond acceptors (Lipinski definition) is 3. The number of sulfonamides is 1. The van der Waals surface area contributed by atoms with Crippen LogP contribution in [0.5, 0.6) is 0 Å². The lowest BCUT2D eigenvalue weighted by Gasteiger charge is -2.24. The molecule has 0 spiro atoms. The molecule has 1 aliphatic rings. The predicted molar refractivity (Wildman–Crippen MR) is 84.5 cm³/mol. The van der Waals surface area contributed by atoms with Crippen LogP contribution >= 0.6 is 27.3 Å². The summed E-state index contributed by atoms with van der Waals surface area (Å²) in [6, 6.07) is 11.5. The third kappa shape index (κ3) is 2.35. The third-order valence-electron chi connectivity index (χ3n) is 3.72. The zero-order chi connectivity index (χ0) is 14.3. The van der Waals surface area contributed by atoms with E-state index in [9.17, 15) is 8.42 Å². The molecule has 2 aromatic rings. The number of nitrogens with zero attached hydrogens (tertiary/aromatic N) is 1. The highest BCUT2D eigenvalue weighted by Gasteiger charge is 2.33. The second kappa shape index (κ2) is 5.26. The van der Waals surface area contributed by atoms with Crippen molar-refractivity contribution < 1.29 is 8.42 Å². The van der Waals surface area contributed by atoms with Crippen LogP contribution in [0.2, 0.25) is 0 Å². The van der Waals surface area contributed by atoms with Gasteiger partial charge in [0.1, 0.15) is 4.21 Å². The molecule has 3 rings (SSSR count). The Morgan fingerprint density at radius 1 is 1.25 bits per heavy atom. The SMILES string of the molecule is CN(C1CCc2ccccc21)S(=O)(=O)c1ccc(Br)s1. The summed E-state index contributed by atoms with van der Waals surface area (Å²) >= 11 is 4.57. The minimum Gasteiger partial charge on any atom is -0.206 e. The van der Waals surface area contributed by atoms with E-state index in [0.29, 0.717) is 4.21 Å². The van der Waals surface area contributed by atoms with Gasteiger partial charge in [-0.05, 0) is 52.0 Å². The van der Waals surface area contributed by atoms with Crippen molar-refractivity contribution in [1.29, 1.82) is 0 Å². The third-order valence-corrected chi connectivity index (χ3v) is 7.68. The van der Waals surface area contributed by atoms with E-state index in [1.165, 1.54) is 21.2 Å². The molecule has 20 heavy (non-hydrogen) atoms. The minimum absolute atomic E-state index is 0.0583. The highest BCUT2D eigenvalue weighted by atomic mass is 79.9. The molecule has 0 amide bonds. The van der Waals surface area contributed by atoms with E-state index in [-0.39, 0.29) is 6.04 Å². The van der Waals surface area contributed by atoms with E-state index in [4.69, 9.17) is 0 Å². The van der Waals surface area contributed by atoms with Gasteiger partial charge < -0.3 is 0 Å². The van der Waals surface area contributed by atoms with Gasteiger partial charge in [0.15, 0.2) is 0 Å². The highest BCUT2D eigenvalue weighted by Crippen LogP contribution is 2.38. The number of halogens is 1. The van der Waals surface area contributed by atoms with E-state index in [1.54, 1.807) is 19.2 Å². The molecular weight excluding hydrogens is 358 g/mol. The molecule has 3 nitrogen and oxygen atoms in total. The van der Waals surface area contributed by atoms with Crippen LogP contribution in [0.1, 0.15) is 23.6 Å². The van der Waals surface area contributed by atoms with Crippen LogP contribution in [-0.2, 0) is 16.4 Å². The first-order chi connectivity index (χ1) is 9.50. The van der Waals surface area contributed by atoms with E-state index in [0.717, 1.165) is 22.2 Å². The molecule has 0 saturated carbocycles. The Balaban J connectivity index is 1.96. The molecule has 1 unspecified atom stereocenters. The fourth-order valence-electron chi connectivity index (χ4n) is 2.66. The van der Waals surface area contributed by atoms with Crippen LogP contribution in [-0.4, -0.2) is 19.8 Å². The molecule has 0 N–H and O–H groups in total. The van der Waals surface area contributed by atoms with Gasteiger partial charge in [-0.2, -0.15) is 4.31 Å². The number of rotatable bonds is 3. The Kier molecular flexibility index (Phi) is 3.75. The number of benzene rings is 1. The first-order valence-electron chi connectivity index (χ1n) is 6.31. The Labute approximate surface area is 131 Å². The summed E-state index contributed by atoms with van der Waals surface area (Å²) in [5, 5.41) is 0. The standard InChI is InChI=1S/C14H14BrNO2S2/c1-16(20(17,18)14-9-8-13(15)19-14)12-7-6-10-4-2-3-5-11(10)12/h2-5,8-9,12H,6-7H2,1H3. The van der Waals surface area contributed by atoms with E-state index in [1.807, 2.05) is 18.2 Å². The normalized spacial score (nSPS) is 18.4. The van der Waals surface area contributed by atoms with E-state index >= 15 is 0 Å². The summed E-state index contributed by atoms with van der Waals surface area (Å²) in [6.45, 7) is 0. The van der Waals surface area contributed by atoms with E-state index < -0.39 is 10.0 Å².